The number of pyridine rings is 1. The molecule has 2 aromatic heterocycles. The molecule has 0 atom stereocenters. The van der Waals surface area contributed by atoms with Crippen LogP contribution in [0.1, 0.15) is 50.2 Å². The first-order chi connectivity index (χ1) is 19.6. The number of rotatable bonds is 12. The Bertz CT molecular complexity index is 1440. The predicted octanol–water partition coefficient (Wildman–Crippen LogP) is 7.35. The van der Waals surface area contributed by atoms with Gasteiger partial charge >= 0.3 is 0 Å². The van der Waals surface area contributed by atoms with Crippen LogP contribution in [0.25, 0.3) is 0 Å². The van der Waals surface area contributed by atoms with Crippen molar-refractivity contribution in [1.29, 1.82) is 0 Å². The zero-order valence-electron chi connectivity index (χ0n) is 22.1. The molecule has 5 aromatic rings. The summed E-state index contributed by atoms with van der Waals surface area (Å²) in [6, 6.07) is 35.0. The normalized spacial score (nSPS) is 11.2. The highest BCUT2D eigenvalue weighted by atomic mass is 35.5. The second kappa shape index (κ2) is 14.0. The maximum Gasteiger partial charge on any atom is 0.271 e. The van der Waals surface area contributed by atoms with Crippen molar-refractivity contribution < 1.29 is 4.79 Å². The van der Waals surface area contributed by atoms with E-state index in [2.05, 4.69) is 93.0 Å². The first-order valence-corrected chi connectivity index (χ1v) is 14.6. The van der Waals surface area contributed by atoms with E-state index in [1.807, 2.05) is 35.7 Å². The van der Waals surface area contributed by atoms with Crippen LogP contribution in [0.15, 0.2) is 115 Å². The zero-order chi connectivity index (χ0) is 27.6. The van der Waals surface area contributed by atoms with Crippen LogP contribution in [-0.4, -0.2) is 27.3 Å². The van der Waals surface area contributed by atoms with Crippen molar-refractivity contribution >= 4 is 28.8 Å². The number of hydrogen-bond acceptors (Lipinski definition) is 5. The summed E-state index contributed by atoms with van der Waals surface area (Å²) in [5.41, 5.74) is 5.05. The van der Waals surface area contributed by atoms with E-state index in [1.165, 1.54) is 28.0 Å². The molecule has 40 heavy (non-hydrogen) atoms. The molecule has 0 spiro atoms. The fourth-order valence-corrected chi connectivity index (χ4v) is 5.65. The second-order valence-electron chi connectivity index (χ2n) is 9.63. The Balaban J connectivity index is 1.30. The zero-order valence-corrected chi connectivity index (χ0v) is 23.7. The molecule has 1 N–H and O–H groups in total. The van der Waals surface area contributed by atoms with E-state index < -0.39 is 0 Å². The lowest BCUT2D eigenvalue weighted by Gasteiger charge is -2.25. The molecule has 5 nitrogen and oxygen atoms in total. The Hall–Kier alpha value is -3.84. The largest absolute Gasteiger partial charge is 0.345 e. The molecule has 0 unspecified atom stereocenters. The van der Waals surface area contributed by atoms with Crippen LogP contribution < -0.4 is 5.32 Å². The Morgan fingerprint density at radius 2 is 1.52 bits per heavy atom. The van der Waals surface area contributed by atoms with Gasteiger partial charge in [0.2, 0.25) is 0 Å². The topological polar surface area (TPSA) is 58.1 Å². The summed E-state index contributed by atoms with van der Waals surface area (Å²) in [7, 11) is 0. The molecule has 0 fully saturated rings. The number of thiazole rings is 1. The maximum absolute atomic E-state index is 12.7. The van der Waals surface area contributed by atoms with E-state index in [4.69, 9.17) is 11.6 Å². The number of aromatic nitrogens is 2. The van der Waals surface area contributed by atoms with Gasteiger partial charge in [0.05, 0.1) is 18.8 Å². The van der Waals surface area contributed by atoms with Crippen molar-refractivity contribution in [2.24, 2.45) is 0 Å². The minimum Gasteiger partial charge on any atom is -0.345 e. The van der Waals surface area contributed by atoms with E-state index in [1.54, 1.807) is 6.20 Å². The molecule has 0 aliphatic rings. The highest BCUT2D eigenvalue weighted by Gasteiger charge is 2.18. The van der Waals surface area contributed by atoms with Gasteiger partial charge in [0.1, 0.15) is 10.7 Å². The molecule has 0 aliphatic heterocycles. The molecule has 1 amide bonds. The monoisotopic (exact) mass is 566 g/mol. The molecule has 7 heteroatoms. The van der Waals surface area contributed by atoms with Gasteiger partial charge in [-0.1, -0.05) is 90.5 Å². The molecule has 2 heterocycles. The van der Waals surface area contributed by atoms with E-state index in [-0.39, 0.29) is 11.8 Å². The summed E-state index contributed by atoms with van der Waals surface area (Å²) >= 11 is 7.67. The number of nitrogens with zero attached hydrogens (tertiary/aromatic N) is 3. The quantitative estimate of drug-likeness (QED) is 0.171. The van der Waals surface area contributed by atoms with E-state index in [0.717, 1.165) is 35.2 Å². The summed E-state index contributed by atoms with van der Waals surface area (Å²) in [6.07, 6.45) is 2.67. The molecular weight excluding hydrogens is 536 g/mol. The number of amides is 1. The summed E-state index contributed by atoms with van der Waals surface area (Å²) in [4.78, 5) is 24.1. The number of halogens is 1. The number of carbonyl (C=O) groups excluding carboxylic acids is 1. The fraction of sp³-hybridized carbons (Fsp3) is 0.182. The lowest BCUT2D eigenvalue weighted by molar-refractivity contribution is 0.0945. The highest BCUT2D eigenvalue weighted by Crippen LogP contribution is 2.29. The van der Waals surface area contributed by atoms with Gasteiger partial charge in [-0.05, 0) is 53.9 Å². The third-order valence-corrected chi connectivity index (χ3v) is 7.84. The molecule has 5 rings (SSSR count). The molecular formula is C33H31ClN4OS. The number of benzene rings is 3. The lowest BCUT2D eigenvalue weighted by Crippen LogP contribution is -2.26. The van der Waals surface area contributed by atoms with Gasteiger partial charge < -0.3 is 5.32 Å². The van der Waals surface area contributed by atoms with Crippen LogP contribution in [-0.2, 0) is 19.6 Å². The van der Waals surface area contributed by atoms with Crippen LogP contribution >= 0.6 is 22.9 Å². The van der Waals surface area contributed by atoms with Crippen molar-refractivity contribution in [3.8, 4) is 0 Å². The van der Waals surface area contributed by atoms with Gasteiger partial charge in [0, 0.05) is 29.1 Å². The maximum atomic E-state index is 12.7. The van der Waals surface area contributed by atoms with E-state index in [9.17, 15) is 4.79 Å². The minimum atomic E-state index is -0.189. The number of carbonyl (C=O) groups is 1. The first kappa shape index (κ1) is 27.7. The van der Waals surface area contributed by atoms with Crippen LogP contribution in [0.2, 0.25) is 5.02 Å². The van der Waals surface area contributed by atoms with Gasteiger partial charge in [-0.2, -0.15) is 0 Å². The lowest BCUT2D eigenvalue weighted by atomic mass is 9.88. The Morgan fingerprint density at radius 3 is 2.17 bits per heavy atom. The highest BCUT2D eigenvalue weighted by molar-refractivity contribution is 7.09. The summed E-state index contributed by atoms with van der Waals surface area (Å²) in [5.74, 6) is 0.0879. The van der Waals surface area contributed by atoms with E-state index >= 15 is 0 Å². The summed E-state index contributed by atoms with van der Waals surface area (Å²) < 4.78 is 0. The molecule has 0 saturated heterocycles. The first-order valence-electron chi connectivity index (χ1n) is 13.3. The van der Waals surface area contributed by atoms with Gasteiger partial charge in [-0.15, -0.1) is 11.3 Å². The fourth-order valence-electron chi connectivity index (χ4n) is 4.71. The van der Waals surface area contributed by atoms with Crippen molar-refractivity contribution in [2.75, 3.05) is 6.54 Å². The average Bonchev–Trinajstić information content (AvgIpc) is 3.47. The van der Waals surface area contributed by atoms with Gasteiger partial charge in [0.25, 0.3) is 5.91 Å². The number of nitrogens with one attached hydrogen (secondary N) is 1. The molecule has 0 bridgehead atoms. The summed E-state index contributed by atoms with van der Waals surface area (Å²) in [6.45, 7) is 2.64. The van der Waals surface area contributed by atoms with Gasteiger partial charge in [-0.3, -0.25) is 14.7 Å². The predicted molar refractivity (Wildman–Crippen MR) is 162 cm³/mol. The summed E-state index contributed by atoms with van der Waals surface area (Å²) in [5, 5.41) is 6.39. The van der Waals surface area contributed by atoms with Crippen LogP contribution in [0.3, 0.4) is 0 Å². The number of hydrogen-bond donors (Lipinski definition) is 1. The van der Waals surface area contributed by atoms with E-state index in [0.29, 0.717) is 18.8 Å². The Labute approximate surface area is 244 Å². The Kier molecular flexibility index (Phi) is 9.69. The average molecular weight is 567 g/mol. The smallest absolute Gasteiger partial charge is 0.271 e. The molecule has 202 valence electrons. The SMILES string of the molecule is O=C(NCc1ccccn1)c1csc(CN(CCC(c2ccccc2)c2ccccc2)Cc2ccc(Cl)cc2)n1. The van der Waals surface area contributed by atoms with Crippen molar-refractivity contribution in [3.63, 3.8) is 0 Å². The van der Waals surface area contributed by atoms with Crippen molar-refractivity contribution in [1.82, 2.24) is 20.2 Å². The Morgan fingerprint density at radius 1 is 0.850 bits per heavy atom. The van der Waals surface area contributed by atoms with Crippen molar-refractivity contribution in [3.05, 3.63) is 153 Å². The second-order valence-corrected chi connectivity index (χ2v) is 11.0. The third-order valence-electron chi connectivity index (χ3n) is 6.76. The van der Waals surface area contributed by atoms with Gasteiger partial charge in [-0.25, -0.2) is 4.98 Å². The molecule has 3 aromatic carbocycles. The molecule has 0 radical (unpaired) electrons. The minimum absolute atomic E-state index is 0.189. The van der Waals surface area contributed by atoms with Gasteiger partial charge in [0.15, 0.2) is 0 Å². The molecule has 0 saturated carbocycles. The van der Waals surface area contributed by atoms with Crippen molar-refractivity contribution in [2.45, 2.75) is 32.0 Å². The standard InChI is InChI=1S/C33H31ClN4OS/c34-28-16-14-25(15-17-28)22-38(20-18-30(26-9-3-1-4-10-26)27-11-5-2-6-12-27)23-32-37-31(24-40-32)33(39)36-21-29-13-7-8-19-35-29/h1-17,19,24,30H,18,20-23H2,(H,36,39). The van der Waals surface area contributed by atoms with Crippen LogP contribution in [0.4, 0.5) is 0 Å². The molecule has 0 aliphatic carbocycles. The van der Waals surface area contributed by atoms with Crippen LogP contribution in [0.5, 0.6) is 0 Å². The van der Waals surface area contributed by atoms with Crippen LogP contribution in [0, 0.1) is 0 Å². The third kappa shape index (κ3) is 7.85.